The van der Waals surface area contributed by atoms with Crippen molar-refractivity contribution in [2.24, 2.45) is 0 Å². The molecule has 0 aliphatic carbocycles. The van der Waals surface area contributed by atoms with Gasteiger partial charge in [-0.25, -0.2) is 0 Å². The summed E-state index contributed by atoms with van der Waals surface area (Å²) in [4.78, 5) is 13.0. The highest BCUT2D eigenvalue weighted by atomic mass is 16.7. The van der Waals surface area contributed by atoms with Crippen molar-refractivity contribution in [2.45, 2.75) is 301 Å². The second kappa shape index (κ2) is 44.5. The van der Waals surface area contributed by atoms with E-state index in [0.717, 1.165) is 38.5 Å². The smallest absolute Gasteiger partial charge is 0.220 e. The Kier molecular flexibility index (Phi) is 42.2. The van der Waals surface area contributed by atoms with Crippen LogP contribution in [0.4, 0.5) is 0 Å². The number of carbonyl (C=O) groups is 1. The molecule has 1 aliphatic rings. The molecule has 0 radical (unpaired) electrons. The van der Waals surface area contributed by atoms with Crippen molar-refractivity contribution in [3.8, 4) is 0 Å². The molecule has 0 saturated carbocycles. The summed E-state index contributed by atoms with van der Waals surface area (Å²) in [5, 5.41) is 54.3. The largest absolute Gasteiger partial charge is 0.394 e. The van der Waals surface area contributed by atoms with Crippen molar-refractivity contribution in [3.05, 3.63) is 24.3 Å². The van der Waals surface area contributed by atoms with E-state index in [0.29, 0.717) is 6.42 Å². The van der Waals surface area contributed by atoms with Crippen LogP contribution in [0, 0.1) is 0 Å². The van der Waals surface area contributed by atoms with E-state index < -0.39 is 49.5 Å². The van der Waals surface area contributed by atoms with E-state index in [2.05, 4.69) is 31.3 Å². The molecule has 1 amide bonds. The Balaban J connectivity index is 2.21. The summed E-state index contributed by atoms with van der Waals surface area (Å²) >= 11 is 0. The minimum Gasteiger partial charge on any atom is -0.394 e. The molecule has 1 saturated heterocycles. The summed E-state index contributed by atoms with van der Waals surface area (Å²) in [7, 11) is 0. The fraction of sp³-hybridized carbons (Fsp3) is 0.907. The molecule has 0 spiro atoms. The lowest BCUT2D eigenvalue weighted by Crippen LogP contribution is -2.60. The lowest BCUT2D eigenvalue weighted by atomic mass is 9.99. The molecule has 7 unspecified atom stereocenters. The second-order valence-electron chi connectivity index (χ2n) is 19.0. The predicted octanol–water partition coefficient (Wildman–Crippen LogP) is 12.6. The maximum atomic E-state index is 13.0. The summed E-state index contributed by atoms with van der Waals surface area (Å²) in [6, 6.07) is -0.803. The highest BCUT2D eigenvalue weighted by molar-refractivity contribution is 5.76. The van der Waals surface area contributed by atoms with E-state index >= 15 is 0 Å². The normalized spacial score (nSPS) is 20.3. The maximum Gasteiger partial charge on any atom is 0.220 e. The predicted molar refractivity (Wildman–Crippen MR) is 263 cm³/mol. The number of hydrogen-bond acceptors (Lipinski definition) is 8. The minimum atomic E-state index is -1.56. The molecule has 6 N–H and O–H groups in total. The van der Waals surface area contributed by atoms with Gasteiger partial charge in [0.25, 0.3) is 0 Å². The van der Waals surface area contributed by atoms with Crippen LogP contribution in [0.15, 0.2) is 24.3 Å². The van der Waals surface area contributed by atoms with Crippen LogP contribution in [0.2, 0.25) is 0 Å². The fourth-order valence-electron chi connectivity index (χ4n) is 8.68. The number of aliphatic hydroxyl groups is 5. The van der Waals surface area contributed by atoms with Gasteiger partial charge in [-0.3, -0.25) is 4.79 Å². The number of hydrogen-bond donors (Lipinski definition) is 6. The van der Waals surface area contributed by atoms with Gasteiger partial charge >= 0.3 is 0 Å². The van der Waals surface area contributed by atoms with E-state index in [1.54, 1.807) is 6.08 Å². The van der Waals surface area contributed by atoms with Crippen LogP contribution in [0.3, 0.4) is 0 Å². The average molecular weight is 894 g/mol. The van der Waals surface area contributed by atoms with Gasteiger partial charge in [0.05, 0.1) is 25.4 Å². The molecule has 63 heavy (non-hydrogen) atoms. The number of unbranched alkanes of at least 4 members (excludes halogenated alkanes) is 34. The number of carbonyl (C=O) groups excluding carboxylic acids is 1. The quantitative estimate of drug-likeness (QED) is 0.0261. The van der Waals surface area contributed by atoms with Crippen LogP contribution < -0.4 is 5.32 Å². The Hall–Kier alpha value is -1.33. The van der Waals surface area contributed by atoms with E-state index in [-0.39, 0.29) is 12.5 Å². The van der Waals surface area contributed by atoms with Gasteiger partial charge in [0.15, 0.2) is 6.29 Å². The van der Waals surface area contributed by atoms with Gasteiger partial charge < -0.3 is 40.3 Å². The Bertz CT molecular complexity index is 1040. The highest BCUT2D eigenvalue weighted by Crippen LogP contribution is 2.23. The maximum absolute atomic E-state index is 13.0. The zero-order chi connectivity index (χ0) is 45.9. The Labute approximate surface area is 388 Å². The average Bonchev–Trinajstić information content (AvgIpc) is 3.28. The topological polar surface area (TPSA) is 149 Å². The van der Waals surface area contributed by atoms with E-state index in [1.807, 2.05) is 6.08 Å². The first-order valence-corrected chi connectivity index (χ1v) is 27.1. The van der Waals surface area contributed by atoms with E-state index in [9.17, 15) is 30.3 Å². The van der Waals surface area contributed by atoms with E-state index in [1.165, 1.54) is 199 Å². The molecule has 9 heteroatoms. The molecule has 1 rings (SSSR count). The monoisotopic (exact) mass is 894 g/mol. The van der Waals surface area contributed by atoms with Crippen molar-refractivity contribution in [1.29, 1.82) is 0 Å². The number of amides is 1. The molecule has 1 aliphatic heterocycles. The molecule has 0 aromatic heterocycles. The second-order valence-corrected chi connectivity index (χ2v) is 19.0. The molecule has 7 atom stereocenters. The third-order valence-electron chi connectivity index (χ3n) is 13.0. The Morgan fingerprint density at radius 2 is 0.889 bits per heavy atom. The summed E-state index contributed by atoms with van der Waals surface area (Å²) in [6.45, 7) is 3.79. The first kappa shape index (κ1) is 59.7. The van der Waals surface area contributed by atoms with Gasteiger partial charge in [-0.1, -0.05) is 231 Å². The summed E-state index contributed by atoms with van der Waals surface area (Å²) in [6.07, 6.45) is 48.1. The van der Waals surface area contributed by atoms with E-state index in [4.69, 9.17) is 9.47 Å². The highest BCUT2D eigenvalue weighted by Gasteiger charge is 2.44. The van der Waals surface area contributed by atoms with Gasteiger partial charge in [-0.2, -0.15) is 0 Å². The van der Waals surface area contributed by atoms with Crippen LogP contribution in [-0.2, 0) is 14.3 Å². The van der Waals surface area contributed by atoms with Gasteiger partial charge in [-0.15, -0.1) is 0 Å². The molecule has 1 fully saturated rings. The van der Waals surface area contributed by atoms with Crippen molar-refractivity contribution in [3.63, 3.8) is 0 Å². The summed E-state index contributed by atoms with van der Waals surface area (Å²) in [5.41, 5.74) is 0. The summed E-state index contributed by atoms with van der Waals surface area (Å²) in [5.74, 6) is -0.176. The standard InChI is InChI=1S/C54H103NO8/c1-3-5-7-9-11-13-15-17-19-20-21-22-23-24-25-26-27-28-29-30-32-34-36-38-40-42-44-50(58)55-47(46-62-54-53(61)52(60)51(59)49(45-56)63-54)48(57)43-41-39-37-35-33-31-18-16-14-12-10-8-6-4-2/h24-25,41,43,47-49,51-54,56-57,59-61H,3-23,26-40,42,44-46H2,1-2H3,(H,55,58)/b25-24-,43-41+. The van der Waals surface area contributed by atoms with Crippen LogP contribution >= 0.6 is 0 Å². The first-order valence-electron chi connectivity index (χ1n) is 27.1. The zero-order valence-corrected chi connectivity index (χ0v) is 41.1. The molecule has 9 nitrogen and oxygen atoms in total. The van der Waals surface area contributed by atoms with Crippen LogP contribution in [-0.4, -0.2) is 87.5 Å². The minimum absolute atomic E-state index is 0.176. The van der Waals surface area contributed by atoms with Gasteiger partial charge in [0.1, 0.15) is 24.4 Å². The molecule has 0 aromatic carbocycles. The zero-order valence-electron chi connectivity index (χ0n) is 41.1. The lowest BCUT2D eigenvalue weighted by molar-refractivity contribution is -0.302. The number of allylic oxidation sites excluding steroid dienone is 3. The van der Waals surface area contributed by atoms with Crippen LogP contribution in [0.5, 0.6) is 0 Å². The molecular weight excluding hydrogens is 791 g/mol. The molecule has 0 bridgehead atoms. The van der Waals surface area contributed by atoms with Crippen molar-refractivity contribution < 1.29 is 39.8 Å². The molecule has 0 aromatic rings. The number of aliphatic hydroxyl groups excluding tert-OH is 5. The lowest BCUT2D eigenvalue weighted by Gasteiger charge is -2.40. The van der Waals surface area contributed by atoms with Gasteiger partial charge in [0.2, 0.25) is 5.91 Å². The third kappa shape index (κ3) is 34.6. The van der Waals surface area contributed by atoms with Crippen molar-refractivity contribution >= 4 is 5.91 Å². The first-order chi connectivity index (χ1) is 30.8. The SMILES string of the molecule is CCCCCCCCCCCCCC/C=C\CCCCCCCCCCCCC(=O)NC(COC1OC(CO)C(O)C(O)C1O)C(O)/C=C/CCCCCCCCCCCCCC. The Morgan fingerprint density at radius 1 is 0.524 bits per heavy atom. The number of rotatable bonds is 46. The fourth-order valence-corrected chi connectivity index (χ4v) is 8.68. The third-order valence-corrected chi connectivity index (χ3v) is 13.0. The molecule has 1 heterocycles. The molecule has 372 valence electrons. The number of ether oxygens (including phenoxy) is 2. The van der Waals surface area contributed by atoms with Crippen molar-refractivity contribution in [1.82, 2.24) is 5.32 Å². The van der Waals surface area contributed by atoms with Crippen LogP contribution in [0.25, 0.3) is 0 Å². The molecular formula is C54H103NO8. The van der Waals surface area contributed by atoms with Crippen molar-refractivity contribution in [2.75, 3.05) is 13.2 Å². The number of nitrogens with one attached hydrogen (secondary N) is 1. The Morgan fingerprint density at radius 3 is 1.29 bits per heavy atom. The van der Waals surface area contributed by atoms with Crippen LogP contribution in [0.1, 0.15) is 258 Å². The van der Waals surface area contributed by atoms with Gasteiger partial charge in [-0.05, 0) is 44.9 Å². The van der Waals surface area contributed by atoms with Gasteiger partial charge in [0, 0.05) is 6.42 Å². The summed E-state index contributed by atoms with van der Waals surface area (Å²) < 4.78 is 11.2.